The molecule has 2 aliphatic rings. The Morgan fingerprint density at radius 2 is 0.649 bits per heavy atom. The van der Waals surface area contributed by atoms with Crippen molar-refractivity contribution >= 4 is 101 Å². The largest absolute Gasteiger partial charge is 0.457 e. The molecule has 2 N–H and O–H groups in total. The summed E-state index contributed by atoms with van der Waals surface area (Å²) < 4.78 is 29.4. The number of nitrogens with zero attached hydrogens (tertiary/aromatic N) is 2. The molecule has 0 saturated carbocycles. The molecule has 16 heteroatoms. The van der Waals surface area contributed by atoms with Crippen LogP contribution in [0, 0.1) is 0 Å². The van der Waals surface area contributed by atoms with Crippen LogP contribution in [0.15, 0.2) is 156 Å². The molecule has 0 radical (unpaired) electrons. The normalized spacial score (nSPS) is 13.8. The van der Waals surface area contributed by atoms with Crippen LogP contribution in [0.4, 0.5) is 0 Å². The molecular formula is C78H72N4O10S2. The molecular weight excluding hydrogens is 1220 g/mol. The maximum Gasteiger partial charge on any atom is 0.262 e. The molecule has 2 unspecified atom stereocenters. The minimum atomic E-state index is -1.38. The summed E-state index contributed by atoms with van der Waals surface area (Å²) in [4.78, 5) is 97.7. The van der Waals surface area contributed by atoms with Gasteiger partial charge in [-0.1, -0.05) is 130 Å². The molecule has 11 aromatic rings. The van der Waals surface area contributed by atoms with Crippen LogP contribution in [0.25, 0.3) is 43.1 Å². The molecule has 2 atom stereocenters. The highest BCUT2D eigenvalue weighted by Gasteiger charge is 2.47. The van der Waals surface area contributed by atoms with Crippen LogP contribution in [0.1, 0.15) is 191 Å². The van der Waals surface area contributed by atoms with E-state index in [0.29, 0.717) is 91.0 Å². The zero-order valence-electron chi connectivity index (χ0n) is 54.1. The number of amides is 6. The first-order valence-corrected chi connectivity index (χ1v) is 34.0. The highest BCUT2D eigenvalue weighted by molar-refractivity contribution is 7.10. The standard InChI is InChI=1S/C78H72N4O10S2/c1-11-29-79-73(83)71(61-27-17-31-93-61)81-75(85)53-37-57(89-49-23-13-19-45(33-49)41(3)4)65-67-59(91-51-25-15-21-47(35-51)43(7)8)39-55-64-56(78(88)82(77(55)87)72(62-28-18-32-94-62)74(84)80-30-12-2)40-60(92-52-26-16-22-48(36-52)44(9)10)68(70(64)67)66-58(38-54(76(81)86)63(53)69(65)66)90-50-24-14-20-46(34-50)42(5)6/h13-28,31-44,71-72H,11-12,29-30H2,1-10H3,(H,79,83)(H,80,84). The Balaban J connectivity index is 1.25. The van der Waals surface area contributed by atoms with Gasteiger partial charge >= 0.3 is 0 Å². The van der Waals surface area contributed by atoms with E-state index in [2.05, 4.69) is 66.0 Å². The molecule has 0 aliphatic carbocycles. The Labute approximate surface area is 553 Å². The summed E-state index contributed by atoms with van der Waals surface area (Å²) in [5.74, 6) is -1.55. The second-order valence-electron chi connectivity index (χ2n) is 25.4. The van der Waals surface area contributed by atoms with Gasteiger partial charge in [0.05, 0.1) is 22.3 Å². The number of fused-ring (bicyclic) bond motifs is 2. The minimum absolute atomic E-state index is 0.0537. The fraction of sp³-hybridized carbons (Fsp3) is 0.256. The lowest BCUT2D eigenvalue weighted by atomic mass is 9.80. The van der Waals surface area contributed by atoms with Crippen LogP contribution in [-0.4, -0.2) is 58.3 Å². The van der Waals surface area contributed by atoms with Gasteiger partial charge in [-0.05, 0) is 154 Å². The van der Waals surface area contributed by atoms with E-state index in [1.807, 2.05) is 111 Å². The highest BCUT2D eigenvalue weighted by atomic mass is 32.1. The molecule has 94 heavy (non-hydrogen) atoms. The van der Waals surface area contributed by atoms with Crippen molar-refractivity contribution in [1.82, 2.24) is 20.4 Å². The van der Waals surface area contributed by atoms with E-state index in [4.69, 9.17) is 18.9 Å². The lowest BCUT2D eigenvalue weighted by molar-refractivity contribution is -0.125. The molecule has 6 amide bonds. The molecule has 9 aromatic carbocycles. The molecule has 0 bridgehead atoms. The van der Waals surface area contributed by atoms with Gasteiger partial charge in [-0.3, -0.25) is 38.6 Å². The first-order valence-electron chi connectivity index (χ1n) is 32.2. The second kappa shape index (κ2) is 25.5. The van der Waals surface area contributed by atoms with Gasteiger partial charge < -0.3 is 29.6 Å². The summed E-state index contributed by atoms with van der Waals surface area (Å²) in [5, 5.41) is 12.1. The van der Waals surface area contributed by atoms with Gasteiger partial charge in [0.15, 0.2) is 12.1 Å². The van der Waals surface area contributed by atoms with Crippen LogP contribution < -0.4 is 29.6 Å². The Morgan fingerprint density at radius 1 is 0.372 bits per heavy atom. The van der Waals surface area contributed by atoms with Crippen LogP contribution in [-0.2, 0) is 9.59 Å². The number of carbonyl (C=O) groups is 6. The topological polar surface area (TPSA) is 170 Å². The van der Waals surface area contributed by atoms with Crippen molar-refractivity contribution < 1.29 is 47.7 Å². The highest BCUT2D eigenvalue weighted by Crippen LogP contribution is 2.59. The van der Waals surface area contributed by atoms with Crippen molar-refractivity contribution in [2.45, 2.75) is 118 Å². The molecule has 14 nitrogen and oxygen atoms in total. The fourth-order valence-electron chi connectivity index (χ4n) is 12.9. The zero-order valence-corrected chi connectivity index (χ0v) is 55.7. The number of hydrogen-bond donors (Lipinski definition) is 2. The molecule has 0 spiro atoms. The predicted molar refractivity (Wildman–Crippen MR) is 372 cm³/mol. The fourth-order valence-corrected chi connectivity index (χ4v) is 14.5. The van der Waals surface area contributed by atoms with E-state index in [0.717, 1.165) is 32.1 Å². The van der Waals surface area contributed by atoms with E-state index in [1.54, 1.807) is 59.3 Å². The lowest BCUT2D eigenvalue weighted by Gasteiger charge is -2.35. The van der Waals surface area contributed by atoms with Gasteiger partial charge in [-0.15, -0.1) is 22.7 Å². The quantitative estimate of drug-likeness (QED) is 0.0378. The summed E-state index contributed by atoms with van der Waals surface area (Å²) in [6, 6.07) is 41.5. The number of imide groups is 2. The molecule has 2 aromatic heterocycles. The van der Waals surface area contributed by atoms with Crippen molar-refractivity contribution in [3.8, 4) is 46.0 Å². The first kappa shape index (κ1) is 62.9. The summed E-state index contributed by atoms with van der Waals surface area (Å²) in [6.45, 7) is 21.1. The molecule has 4 heterocycles. The van der Waals surface area contributed by atoms with Crippen molar-refractivity contribution in [3.05, 3.63) is 211 Å². The van der Waals surface area contributed by atoms with Crippen molar-refractivity contribution in [1.29, 1.82) is 0 Å². The third kappa shape index (κ3) is 11.1. The lowest BCUT2D eigenvalue weighted by Crippen LogP contribution is -2.48. The Hall–Kier alpha value is -9.90. The van der Waals surface area contributed by atoms with E-state index < -0.39 is 47.5 Å². The van der Waals surface area contributed by atoms with Gasteiger partial charge in [-0.2, -0.15) is 0 Å². The van der Waals surface area contributed by atoms with E-state index >= 15 is 19.2 Å². The van der Waals surface area contributed by atoms with Gasteiger partial charge in [0.1, 0.15) is 46.0 Å². The van der Waals surface area contributed by atoms with Gasteiger partial charge in [0.25, 0.3) is 23.6 Å². The summed E-state index contributed by atoms with van der Waals surface area (Å²) in [7, 11) is 0. The number of rotatable bonds is 22. The molecule has 2 aliphatic heterocycles. The van der Waals surface area contributed by atoms with Crippen molar-refractivity contribution in [2.75, 3.05) is 13.1 Å². The molecule has 13 rings (SSSR count). The van der Waals surface area contributed by atoms with Gasteiger partial charge in [-0.25, -0.2) is 0 Å². The van der Waals surface area contributed by atoms with E-state index in [1.165, 1.54) is 22.7 Å². The number of nitrogens with one attached hydrogen (secondary N) is 2. The van der Waals surface area contributed by atoms with Crippen LogP contribution >= 0.6 is 22.7 Å². The maximum atomic E-state index is 16.3. The van der Waals surface area contributed by atoms with Crippen molar-refractivity contribution in [3.63, 3.8) is 0 Å². The Morgan fingerprint density at radius 3 is 0.883 bits per heavy atom. The maximum absolute atomic E-state index is 16.3. The third-order valence-electron chi connectivity index (χ3n) is 17.7. The molecule has 0 saturated heterocycles. The third-order valence-corrected chi connectivity index (χ3v) is 19.6. The monoisotopic (exact) mass is 1290 g/mol. The van der Waals surface area contributed by atoms with Gasteiger partial charge in [0.2, 0.25) is 11.8 Å². The summed E-state index contributed by atoms with van der Waals surface area (Å²) in [6.07, 6.45) is 1.20. The van der Waals surface area contributed by atoms with Crippen LogP contribution in [0.3, 0.4) is 0 Å². The number of hydrogen-bond acceptors (Lipinski definition) is 12. The SMILES string of the molecule is CCCNC(=O)C(c1cccs1)N1C(=O)c2cc(Oc3cccc(C(C)C)c3)c3c4c(Oc5cccc(C(C)C)c5)cc5c6c(cc(Oc7cccc(C(C)C)c7)c(c7c(Oc8cccc(C(C)C)c8)cc(c2c37)C1=O)c64)C(=O)N(C(C(=O)NCCC)c1cccs1)C5=O. The van der Waals surface area contributed by atoms with E-state index in [-0.39, 0.29) is 79.7 Å². The summed E-state index contributed by atoms with van der Waals surface area (Å²) in [5.41, 5.74) is 4.08. The first-order chi connectivity index (χ1) is 45.3. The second-order valence-corrected chi connectivity index (χ2v) is 27.3. The average Bonchev–Trinajstić information content (AvgIpc) is 0.721. The molecule has 476 valence electrons. The molecule has 0 fully saturated rings. The number of carbonyl (C=O) groups excluding carboxylic acids is 6. The Bertz CT molecular complexity index is 4300. The zero-order chi connectivity index (χ0) is 66.0. The number of ether oxygens (including phenoxy) is 4. The summed E-state index contributed by atoms with van der Waals surface area (Å²) >= 11 is 2.51. The average molecular weight is 1290 g/mol. The van der Waals surface area contributed by atoms with Crippen molar-refractivity contribution in [2.24, 2.45) is 0 Å². The minimum Gasteiger partial charge on any atom is -0.457 e. The van der Waals surface area contributed by atoms with Crippen LogP contribution in [0.5, 0.6) is 46.0 Å². The van der Waals surface area contributed by atoms with Crippen LogP contribution in [0.2, 0.25) is 0 Å². The smallest absolute Gasteiger partial charge is 0.262 e. The number of benzene rings is 9. The van der Waals surface area contributed by atoms with E-state index in [9.17, 15) is 9.59 Å². The predicted octanol–water partition coefficient (Wildman–Crippen LogP) is 19.2. The number of thiophene rings is 2. The van der Waals surface area contributed by atoms with Gasteiger partial charge in [0, 0.05) is 65.9 Å². The Kier molecular flexibility index (Phi) is 17.1.